The molecule has 2 aliphatic heterocycles. The van der Waals surface area contributed by atoms with Crippen LogP contribution in [0.25, 0.3) is 11.0 Å². The summed E-state index contributed by atoms with van der Waals surface area (Å²) in [5.74, 6) is 3.04. The van der Waals surface area contributed by atoms with E-state index in [1.54, 1.807) is 11.8 Å². The van der Waals surface area contributed by atoms with Crippen molar-refractivity contribution in [2.24, 2.45) is 0 Å². The van der Waals surface area contributed by atoms with Gasteiger partial charge in [-0.2, -0.15) is 0 Å². The summed E-state index contributed by atoms with van der Waals surface area (Å²) in [7, 11) is 0. The van der Waals surface area contributed by atoms with Crippen molar-refractivity contribution in [3.63, 3.8) is 0 Å². The molecule has 2 aliphatic rings. The summed E-state index contributed by atoms with van der Waals surface area (Å²) in [5.41, 5.74) is 1.99. The number of hydrogen-bond donors (Lipinski definition) is 0. The molecule has 0 saturated carbocycles. The largest absolute Gasteiger partial charge is 0.458 e. The zero-order valence-corrected chi connectivity index (χ0v) is 14.8. The molecule has 1 amide bonds. The highest BCUT2D eigenvalue weighted by molar-refractivity contribution is 8.00. The lowest BCUT2D eigenvalue weighted by atomic mass is 10.1. The van der Waals surface area contributed by atoms with Gasteiger partial charge in [-0.05, 0) is 36.2 Å². The maximum Gasteiger partial charge on any atom is 0.233 e. The van der Waals surface area contributed by atoms with E-state index < -0.39 is 0 Å². The summed E-state index contributed by atoms with van der Waals surface area (Å²) in [4.78, 5) is 14.3. The molecular formula is C20H17NO4S. The number of carbonyl (C=O) groups is 1. The monoisotopic (exact) mass is 367 g/mol. The van der Waals surface area contributed by atoms with Crippen molar-refractivity contribution in [1.29, 1.82) is 0 Å². The quantitative estimate of drug-likeness (QED) is 0.698. The lowest BCUT2D eigenvalue weighted by Crippen LogP contribution is -2.30. The molecule has 6 heteroatoms. The van der Waals surface area contributed by atoms with E-state index in [4.69, 9.17) is 13.9 Å². The Labute approximate surface area is 154 Å². The number of para-hydroxylation sites is 1. The highest BCUT2D eigenvalue weighted by Gasteiger charge is 2.34. The maximum absolute atomic E-state index is 12.4. The molecule has 3 aromatic rings. The van der Waals surface area contributed by atoms with E-state index in [2.05, 4.69) is 0 Å². The number of hydrogen-bond acceptors (Lipinski definition) is 5. The second-order valence-electron chi connectivity index (χ2n) is 6.37. The van der Waals surface area contributed by atoms with Gasteiger partial charge in [0.25, 0.3) is 0 Å². The molecule has 1 atom stereocenters. The number of thioether (sulfide) groups is 1. The van der Waals surface area contributed by atoms with Crippen LogP contribution < -0.4 is 9.47 Å². The van der Waals surface area contributed by atoms with E-state index >= 15 is 0 Å². The van der Waals surface area contributed by atoms with Gasteiger partial charge in [-0.15, -0.1) is 11.8 Å². The molecular weight excluding hydrogens is 350 g/mol. The highest BCUT2D eigenvalue weighted by atomic mass is 32.2. The minimum atomic E-state index is -0.0658. The third kappa shape index (κ3) is 2.70. The first-order valence-corrected chi connectivity index (χ1v) is 9.61. The van der Waals surface area contributed by atoms with Crippen LogP contribution in [-0.4, -0.2) is 29.9 Å². The summed E-state index contributed by atoms with van der Waals surface area (Å²) >= 11 is 1.62. The van der Waals surface area contributed by atoms with Crippen molar-refractivity contribution in [3.8, 4) is 11.5 Å². The van der Waals surface area contributed by atoms with Gasteiger partial charge in [0.1, 0.15) is 16.7 Å². The fraction of sp³-hybridized carbons (Fsp3) is 0.250. The van der Waals surface area contributed by atoms with Crippen LogP contribution in [0, 0.1) is 0 Å². The van der Waals surface area contributed by atoms with E-state index in [-0.39, 0.29) is 18.1 Å². The van der Waals surface area contributed by atoms with Crippen LogP contribution in [0.5, 0.6) is 11.5 Å². The normalized spacial score (nSPS) is 18.8. The molecule has 0 spiro atoms. The Morgan fingerprint density at radius 3 is 2.88 bits per heavy atom. The summed E-state index contributed by atoms with van der Waals surface area (Å²) in [6, 6.07) is 15.9. The second-order valence-corrected chi connectivity index (χ2v) is 7.44. The molecule has 0 bridgehead atoms. The van der Waals surface area contributed by atoms with Crippen LogP contribution in [0.1, 0.15) is 16.7 Å². The Balaban J connectivity index is 1.35. The number of nitrogens with zero attached hydrogens (tertiary/aromatic N) is 1. The third-order valence-electron chi connectivity index (χ3n) is 4.73. The van der Waals surface area contributed by atoms with E-state index in [1.807, 2.05) is 53.4 Å². The van der Waals surface area contributed by atoms with Gasteiger partial charge >= 0.3 is 0 Å². The first-order valence-electron chi connectivity index (χ1n) is 8.56. The SMILES string of the molecule is O=C1CSC(c2cc3ccccc3o2)N1CCc1ccc2c(c1)OCO2. The topological polar surface area (TPSA) is 51.9 Å². The predicted octanol–water partition coefficient (Wildman–Crippen LogP) is 3.98. The molecule has 0 N–H and O–H groups in total. The Morgan fingerprint density at radius 2 is 1.96 bits per heavy atom. The van der Waals surface area contributed by atoms with Gasteiger partial charge in [0.15, 0.2) is 11.5 Å². The van der Waals surface area contributed by atoms with Crippen molar-refractivity contribution >= 4 is 28.6 Å². The summed E-state index contributed by atoms with van der Waals surface area (Å²) in [6.07, 6.45) is 0.764. The summed E-state index contributed by atoms with van der Waals surface area (Å²) < 4.78 is 16.8. The van der Waals surface area contributed by atoms with Gasteiger partial charge in [0, 0.05) is 11.9 Å². The van der Waals surface area contributed by atoms with Crippen LogP contribution >= 0.6 is 11.8 Å². The van der Waals surface area contributed by atoms with Crippen LogP contribution in [0.3, 0.4) is 0 Å². The van der Waals surface area contributed by atoms with Crippen LogP contribution in [-0.2, 0) is 11.2 Å². The number of ether oxygens (including phenoxy) is 2. The van der Waals surface area contributed by atoms with Gasteiger partial charge in [-0.1, -0.05) is 24.3 Å². The van der Waals surface area contributed by atoms with E-state index in [9.17, 15) is 4.79 Å². The third-order valence-corrected chi connectivity index (χ3v) is 5.95. The average molecular weight is 367 g/mol. The smallest absolute Gasteiger partial charge is 0.233 e. The molecule has 1 unspecified atom stereocenters. The lowest BCUT2D eigenvalue weighted by Gasteiger charge is -2.22. The van der Waals surface area contributed by atoms with Crippen LogP contribution in [0.2, 0.25) is 0 Å². The molecule has 132 valence electrons. The van der Waals surface area contributed by atoms with Gasteiger partial charge in [-0.3, -0.25) is 4.79 Å². The Kier molecular flexibility index (Phi) is 3.78. The van der Waals surface area contributed by atoms with E-state index in [0.29, 0.717) is 12.3 Å². The summed E-state index contributed by atoms with van der Waals surface area (Å²) in [5, 5.41) is 1.00. The van der Waals surface area contributed by atoms with Gasteiger partial charge < -0.3 is 18.8 Å². The highest BCUT2D eigenvalue weighted by Crippen LogP contribution is 2.41. The first kappa shape index (κ1) is 15.6. The Morgan fingerprint density at radius 1 is 1.08 bits per heavy atom. The molecule has 5 rings (SSSR count). The number of fused-ring (bicyclic) bond motifs is 2. The molecule has 0 aliphatic carbocycles. The lowest BCUT2D eigenvalue weighted by molar-refractivity contribution is -0.128. The fourth-order valence-electron chi connectivity index (χ4n) is 3.40. The van der Waals surface area contributed by atoms with Crippen LogP contribution in [0.4, 0.5) is 0 Å². The first-order chi connectivity index (χ1) is 12.8. The molecule has 0 radical (unpaired) electrons. The maximum atomic E-state index is 12.4. The number of carbonyl (C=O) groups excluding carboxylic acids is 1. The number of amides is 1. The van der Waals surface area contributed by atoms with Gasteiger partial charge in [-0.25, -0.2) is 0 Å². The molecule has 26 heavy (non-hydrogen) atoms. The minimum absolute atomic E-state index is 0.0658. The van der Waals surface area contributed by atoms with E-state index in [1.165, 1.54) is 0 Å². The zero-order valence-electron chi connectivity index (χ0n) is 14.0. The van der Waals surface area contributed by atoms with Crippen molar-refractivity contribution in [2.45, 2.75) is 11.8 Å². The standard InChI is InChI=1S/C20H17NO4S/c22-19-11-26-20(18-10-14-3-1-2-4-15(14)25-18)21(19)8-7-13-5-6-16-17(9-13)24-12-23-16/h1-6,9-10,20H,7-8,11-12H2. The predicted molar refractivity (Wildman–Crippen MR) is 99.4 cm³/mol. The van der Waals surface area contributed by atoms with Crippen LogP contribution in [0.15, 0.2) is 52.9 Å². The van der Waals surface area contributed by atoms with E-state index in [0.717, 1.165) is 40.2 Å². The van der Waals surface area contributed by atoms with Gasteiger partial charge in [0.2, 0.25) is 12.7 Å². The molecule has 1 aromatic heterocycles. The number of benzene rings is 2. The van der Waals surface area contributed by atoms with Crippen molar-refractivity contribution in [3.05, 3.63) is 59.9 Å². The Hall–Kier alpha value is -2.60. The molecule has 5 nitrogen and oxygen atoms in total. The average Bonchev–Trinajstić information content (AvgIpc) is 3.37. The second kappa shape index (κ2) is 6.29. The van der Waals surface area contributed by atoms with Crippen molar-refractivity contribution in [2.75, 3.05) is 19.1 Å². The summed E-state index contributed by atoms with van der Waals surface area (Å²) in [6.45, 7) is 0.918. The zero-order chi connectivity index (χ0) is 17.5. The minimum Gasteiger partial charge on any atom is -0.458 e. The molecule has 2 aromatic carbocycles. The number of rotatable bonds is 4. The van der Waals surface area contributed by atoms with Crippen molar-refractivity contribution in [1.82, 2.24) is 4.90 Å². The molecule has 1 fully saturated rings. The fourth-order valence-corrected chi connectivity index (χ4v) is 4.55. The number of furan rings is 1. The Bertz CT molecular complexity index is 950. The molecule has 3 heterocycles. The van der Waals surface area contributed by atoms with Gasteiger partial charge in [0.05, 0.1) is 5.75 Å². The molecule has 1 saturated heterocycles. The van der Waals surface area contributed by atoms with Crippen molar-refractivity contribution < 1.29 is 18.7 Å².